The Morgan fingerprint density at radius 3 is 2.53 bits per heavy atom. The molecule has 0 N–H and O–H groups in total. The van der Waals surface area contributed by atoms with Gasteiger partial charge in [0, 0.05) is 6.54 Å². The highest BCUT2D eigenvalue weighted by Crippen LogP contribution is 2.22. The van der Waals surface area contributed by atoms with Crippen LogP contribution in [0, 0.1) is 6.92 Å². The summed E-state index contributed by atoms with van der Waals surface area (Å²) in [5, 5.41) is 8.53. The normalized spacial score (nSPS) is 11.0. The van der Waals surface area contributed by atoms with Crippen molar-refractivity contribution in [3.05, 3.63) is 41.4 Å². The lowest BCUT2D eigenvalue weighted by molar-refractivity contribution is 0.555. The number of nitrogens with zero attached hydrogens (tertiary/aromatic N) is 4. The van der Waals surface area contributed by atoms with Crippen LogP contribution in [0.15, 0.2) is 24.4 Å². The van der Waals surface area contributed by atoms with E-state index in [1.165, 1.54) is 4.68 Å². The van der Waals surface area contributed by atoms with Crippen molar-refractivity contribution < 1.29 is 0 Å². The molecule has 5 nitrogen and oxygen atoms in total. The third-order valence-corrected chi connectivity index (χ3v) is 5.63. The van der Waals surface area contributed by atoms with Crippen molar-refractivity contribution >= 4 is 47.8 Å². The summed E-state index contributed by atoms with van der Waals surface area (Å²) in [5.74, 6) is 0. The molecule has 0 saturated heterocycles. The third kappa shape index (κ3) is 2.85. The van der Waals surface area contributed by atoms with Crippen LogP contribution in [0.1, 0.15) is 18.3 Å². The van der Waals surface area contributed by atoms with Gasteiger partial charge in [0.2, 0.25) is 0 Å². The molecule has 2 aromatic heterocycles. The van der Waals surface area contributed by atoms with Crippen LogP contribution in [0.4, 0.5) is 0 Å². The maximum Gasteiger partial charge on any atom is 0.282 e. The zero-order chi connectivity index (χ0) is 14.2. The Morgan fingerprint density at radius 1 is 1.21 bits per heavy atom. The van der Waals surface area contributed by atoms with Crippen molar-refractivity contribution in [1.82, 2.24) is 19.6 Å². The van der Waals surface area contributed by atoms with Crippen LogP contribution >= 0.6 is 47.8 Å². The molecule has 0 bridgehead atoms. The van der Waals surface area contributed by atoms with E-state index in [0.717, 1.165) is 22.4 Å². The van der Waals surface area contributed by atoms with Gasteiger partial charge in [-0.2, -0.15) is 10.2 Å². The second kappa shape index (κ2) is 5.88. The van der Waals surface area contributed by atoms with Gasteiger partial charge < -0.3 is 0 Å². The first-order valence-corrected chi connectivity index (χ1v) is 7.96. The lowest BCUT2D eigenvalue weighted by Gasteiger charge is -2.08. The van der Waals surface area contributed by atoms with Gasteiger partial charge in [-0.25, -0.2) is 4.68 Å². The Hall–Kier alpha value is -0.470. The molecule has 19 heavy (non-hydrogen) atoms. The average Bonchev–Trinajstić information content (AvgIpc) is 2.66. The van der Waals surface area contributed by atoms with Crippen LogP contribution in [0.2, 0.25) is 0 Å². The summed E-state index contributed by atoms with van der Waals surface area (Å²) in [4.78, 5) is 12.1. The number of rotatable bonds is 3. The third-order valence-electron chi connectivity index (χ3n) is 2.69. The molecule has 0 amide bonds. The molecule has 8 heteroatoms. The lowest BCUT2D eigenvalue weighted by atomic mass is 10.3. The monoisotopic (exact) mass is 452 g/mol. The molecule has 2 rings (SSSR count). The van der Waals surface area contributed by atoms with Gasteiger partial charge in [0.25, 0.3) is 5.56 Å². The topological polar surface area (TPSA) is 52.7 Å². The van der Waals surface area contributed by atoms with Crippen LogP contribution in [0.25, 0.3) is 0 Å². The van der Waals surface area contributed by atoms with Gasteiger partial charge in [-0.05, 0) is 61.6 Å². The molecule has 0 aliphatic heterocycles. The minimum atomic E-state index is -0.178. The van der Waals surface area contributed by atoms with Crippen LogP contribution in [-0.2, 0) is 13.1 Å². The maximum absolute atomic E-state index is 12.1. The van der Waals surface area contributed by atoms with Gasteiger partial charge in [0.05, 0.1) is 33.1 Å². The molecule has 2 heterocycles. The molecule has 0 radical (unpaired) electrons. The molecule has 0 fully saturated rings. The molecule has 0 aromatic carbocycles. The Morgan fingerprint density at radius 2 is 1.89 bits per heavy atom. The summed E-state index contributed by atoms with van der Waals surface area (Å²) in [6.07, 6.45) is 1.60. The summed E-state index contributed by atoms with van der Waals surface area (Å²) in [6, 6.07) is 0. The van der Waals surface area contributed by atoms with Gasteiger partial charge in [-0.15, -0.1) is 0 Å². The minimum Gasteiger partial charge on any atom is -0.267 e. The summed E-state index contributed by atoms with van der Waals surface area (Å²) < 4.78 is 5.30. The fraction of sp³-hybridized carbons (Fsp3) is 0.364. The zero-order valence-corrected chi connectivity index (χ0v) is 15.1. The van der Waals surface area contributed by atoms with Crippen molar-refractivity contribution in [3.63, 3.8) is 0 Å². The van der Waals surface area contributed by atoms with Gasteiger partial charge in [-0.3, -0.25) is 9.48 Å². The van der Waals surface area contributed by atoms with Crippen molar-refractivity contribution in [2.24, 2.45) is 0 Å². The molecule has 0 unspecified atom stereocenters. The summed E-state index contributed by atoms with van der Waals surface area (Å²) in [5.41, 5.74) is 1.66. The maximum atomic E-state index is 12.1. The van der Waals surface area contributed by atoms with E-state index >= 15 is 0 Å². The first-order chi connectivity index (χ1) is 8.95. The number of hydrogen-bond acceptors (Lipinski definition) is 3. The van der Waals surface area contributed by atoms with Crippen LogP contribution < -0.4 is 5.56 Å². The second-order valence-electron chi connectivity index (χ2n) is 3.93. The summed E-state index contributed by atoms with van der Waals surface area (Å²) >= 11 is 10.0. The van der Waals surface area contributed by atoms with E-state index in [0.29, 0.717) is 15.5 Å². The van der Waals surface area contributed by atoms with Crippen molar-refractivity contribution in [3.8, 4) is 0 Å². The van der Waals surface area contributed by atoms with E-state index in [2.05, 4.69) is 58.0 Å². The number of halogens is 3. The molecule has 0 aliphatic carbocycles. The molecule has 102 valence electrons. The fourth-order valence-electron chi connectivity index (χ4n) is 1.72. The quantitative estimate of drug-likeness (QED) is 0.716. The summed E-state index contributed by atoms with van der Waals surface area (Å²) in [7, 11) is 0. The molecule has 2 aromatic rings. The van der Waals surface area contributed by atoms with Crippen molar-refractivity contribution in [2.75, 3.05) is 0 Å². The molecule has 0 spiro atoms. The highest BCUT2D eigenvalue weighted by atomic mass is 79.9. The lowest BCUT2D eigenvalue weighted by Crippen LogP contribution is -2.25. The Bertz CT molecular complexity index is 677. The summed E-state index contributed by atoms with van der Waals surface area (Å²) in [6.45, 7) is 5.05. The number of aromatic nitrogens is 4. The standard InChI is InChI=1S/C11H11Br3N4O/c1-3-17-8(9(13)6(2)16-17)5-18-11(19)10(14)7(12)4-15-18/h4H,3,5H2,1-2H3. The first-order valence-electron chi connectivity index (χ1n) is 5.58. The van der Waals surface area contributed by atoms with E-state index in [9.17, 15) is 4.79 Å². The smallest absolute Gasteiger partial charge is 0.267 e. The molecule has 0 aliphatic rings. The average molecular weight is 455 g/mol. The fourth-order valence-corrected chi connectivity index (χ4v) is 2.70. The van der Waals surface area contributed by atoms with E-state index in [1.54, 1.807) is 6.20 Å². The van der Waals surface area contributed by atoms with Gasteiger partial charge in [-0.1, -0.05) is 0 Å². The van der Waals surface area contributed by atoms with Crippen LogP contribution in [-0.4, -0.2) is 19.6 Å². The highest BCUT2D eigenvalue weighted by Gasteiger charge is 2.15. The minimum absolute atomic E-state index is 0.178. The zero-order valence-electron chi connectivity index (χ0n) is 10.3. The van der Waals surface area contributed by atoms with Crippen molar-refractivity contribution in [1.29, 1.82) is 0 Å². The predicted molar refractivity (Wildman–Crippen MR) is 83.3 cm³/mol. The van der Waals surface area contributed by atoms with E-state index in [-0.39, 0.29) is 5.56 Å². The number of aryl methyl sites for hydroxylation is 2. The van der Waals surface area contributed by atoms with Crippen LogP contribution in [0.5, 0.6) is 0 Å². The molecule has 0 atom stereocenters. The molecular formula is C11H11Br3N4O. The van der Waals surface area contributed by atoms with Gasteiger partial charge >= 0.3 is 0 Å². The van der Waals surface area contributed by atoms with E-state index in [4.69, 9.17) is 0 Å². The highest BCUT2D eigenvalue weighted by molar-refractivity contribution is 9.13. The molecular weight excluding hydrogens is 444 g/mol. The SMILES string of the molecule is CCn1nc(C)c(Br)c1Cn1ncc(Br)c(Br)c1=O. The Labute approximate surface area is 135 Å². The Kier molecular flexibility index (Phi) is 4.62. The molecule has 0 saturated carbocycles. The van der Waals surface area contributed by atoms with Crippen LogP contribution in [0.3, 0.4) is 0 Å². The van der Waals surface area contributed by atoms with Crippen molar-refractivity contribution in [2.45, 2.75) is 26.9 Å². The second-order valence-corrected chi connectivity index (χ2v) is 6.37. The van der Waals surface area contributed by atoms with Gasteiger partial charge in [0.15, 0.2) is 0 Å². The predicted octanol–water partition coefficient (Wildman–Crippen LogP) is 3.10. The van der Waals surface area contributed by atoms with E-state index in [1.807, 2.05) is 18.5 Å². The Balaban J connectivity index is 2.48. The number of hydrogen-bond donors (Lipinski definition) is 0. The van der Waals surface area contributed by atoms with Gasteiger partial charge in [0.1, 0.15) is 4.47 Å². The largest absolute Gasteiger partial charge is 0.282 e. The van der Waals surface area contributed by atoms with E-state index < -0.39 is 0 Å². The first kappa shape index (κ1) is 14.9.